The number of aromatic nitrogens is 1. The van der Waals surface area contributed by atoms with Gasteiger partial charge in [0.25, 0.3) is 0 Å². The zero-order valence-corrected chi connectivity index (χ0v) is 14.6. The average Bonchev–Trinajstić information content (AvgIpc) is 2.99. The maximum Gasteiger partial charge on any atom is 0.248 e. The van der Waals surface area contributed by atoms with Crippen LogP contribution in [0.4, 0.5) is 5.13 Å². The zero-order chi connectivity index (χ0) is 16.2. The van der Waals surface area contributed by atoms with Gasteiger partial charge in [0.05, 0.1) is 16.0 Å². The smallest absolute Gasteiger partial charge is 0.248 e. The quantitative estimate of drug-likeness (QED) is 0.540. The summed E-state index contributed by atoms with van der Waals surface area (Å²) >= 11 is 3.04. The van der Waals surface area contributed by atoms with E-state index >= 15 is 0 Å². The summed E-state index contributed by atoms with van der Waals surface area (Å²) in [5, 5.41) is 0.701. The lowest BCUT2D eigenvalue weighted by Gasteiger charge is -2.05. The first-order chi connectivity index (χ1) is 11.1. The maximum absolute atomic E-state index is 11.9. The second-order valence-electron chi connectivity index (χ2n) is 5.15. The number of hydrazine groups is 1. The number of anilines is 1. The van der Waals surface area contributed by atoms with Crippen LogP contribution >= 0.6 is 23.1 Å². The molecule has 0 radical (unpaired) electrons. The van der Waals surface area contributed by atoms with Crippen molar-refractivity contribution in [3.8, 4) is 0 Å². The van der Waals surface area contributed by atoms with Crippen molar-refractivity contribution in [3.05, 3.63) is 53.6 Å². The first-order valence-corrected chi connectivity index (χ1v) is 9.03. The van der Waals surface area contributed by atoms with Crippen molar-refractivity contribution in [2.75, 3.05) is 11.2 Å². The fraction of sp³-hybridized carbons (Fsp3) is 0.176. The van der Waals surface area contributed by atoms with Crippen molar-refractivity contribution in [1.29, 1.82) is 0 Å². The van der Waals surface area contributed by atoms with E-state index in [-0.39, 0.29) is 5.91 Å². The zero-order valence-electron chi connectivity index (χ0n) is 12.9. The number of carbonyl (C=O) groups is 1. The Bertz CT molecular complexity index is 830. The van der Waals surface area contributed by atoms with Gasteiger partial charge in [0.2, 0.25) is 11.0 Å². The lowest BCUT2D eigenvalue weighted by atomic mass is 10.1. The second kappa shape index (κ2) is 7.02. The van der Waals surface area contributed by atoms with E-state index in [1.165, 1.54) is 34.2 Å². The number of benzene rings is 2. The first-order valence-electron chi connectivity index (χ1n) is 7.23. The van der Waals surface area contributed by atoms with E-state index in [1.807, 2.05) is 30.3 Å². The molecule has 0 saturated carbocycles. The van der Waals surface area contributed by atoms with Crippen LogP contribution in [0.1, 0.15) is 11.1 Å². The van der Waals surface area contributed by atoms with E-state index in [0.29, 0.717) is 10.9 Å². The molecule has 0 fully saturated rings. The first kappa shape index (κ1) is 15.8. The van der Waals surface area contributed by atoms with Crippen LogP contribution in [0.3, 0.4) is 0 Å². The summed E-state index contributed by atoms with van der Waals surface area (Å²) in [6, 6.07) is 14.0. The molecule has 1 amide bonds. The number of thioether (sulfide) groups is 1. The number of nitrogens with one attached hydrogen (secondary N) is 2. The molecular formula is C17H17N3OS2. The van der Waals surface area contributed by atoms with Crippen molar-refractivity contribution in [1.82, 2.24) is 10.4 Å². The highest BCUT2D eigenvalue weighted by Gasteiger charge is 2.08. The Morgan fingerprint density at radius 2 is 1.96 bits per heavy atom. The molecule has 1 aromatic heterocycles. The van der Waals surface area contributed by atoms with Crippen LogP contribution in [0, 0.1) is 13.8 Å². The van der Waals surface area contributed by atoms with E-state index in [9.17, 15) is 4.79 Å². The number of fused-ring (bicyclic) bond motifs is 1. The normalized spacial score (nSPS) is 10.7. The third-order valence-electron chi connectivity index (χ3n) is 3.51. The SMILES string of the molecule is Cc1ccc2sc(NNC(=O)CSc3ccccc3)nc2c1C. The topological polar surface area (TPSA) is 54.0 Å². The Morgan fingerprint density at radius 3 is 2.74 bits per heavy atom. The molecule has 0 aliphatic carbocycles. The number of hydrogen-bond acceptors (Lipinski definition) is 5. The summed E-state index contributed by atoms with van der Waals surface area (Å²) < 4.78 is 1.11. The monoisotopic (exact) mass is 343 g/mol. The molecule has 0 unspecified atom stereocenters. The Morgan fingerprint density at radius 1 is 1.17 bits per heavy atom. The molecule has 0 spiro atoms. The van der Waals surface area contributed by atoms with Gasteiger partial charge in [-0.05, 0) is 43.2 Å². The van der Waals surface area contributed by atoms with Crippen molar-refractivity contribution in [2.24, 2.45) is 0 Å². The summed E-state index contributed by atoms with van der Waals surface area (Å²) in [6.07, 6.45) is 0. The van der Waals surface area contributed by atoms with E-state index < -0.39 is 0 Å². The van der Waals surface area contributed by atoms with Gasteiger partial charge >= 0.3 is 0 Å². The predicted octanol–water partition coefficient (Wildman–Crippen LogP) is 4.15. The molecule has 1 heterocycles. The predicted molar refractivity (Wildman–Crippen MR) is 98.0 cm³/mol. The van der Waals surface area contributed by atoms with E-state index in [1.54, 1.807) is 0 Å². The fourth-order valence-electron chi connectivity index (χ4n) is 2.10. The molecule has 0 aliphatic heterocycles. The van der Waals surface area contributed by atoms with E-state index in [2.05, 4.69) is 41.8 Å². The number of carbonyl (C=O) groups excluding carboxylic acids is 1. The van der Waals surface area contributed by atoms with Crippen LogP contribution in [0.2, 0.25) is 0 Å². The van der Waals surface area contributed by atoms with E-state index in [4.69, 9.17) is 0 Å². The largest absolute Gasteiger partial charge is 0.273 e. The Hall–Kier alpha value is -2.05. The van der Waals surface area contributed by atoms with Crippen molar-refractivity contribution in [2.45, 2.75) is 18.7 Å². The summed E-state index contributed by atoms with van der Waals surface area (Å²) in [7, 11) is 0. The van der Waals surface area contributed by atoms with Gasteiger partial charge in [0.15, 0.2) is 0 Å². The van der Waals surface area contributed by atoms with Gasteiger partial charge in [-0.1, -0.05) is 35.6 Å². The summed E-state index contributed by atoms with van der Waals surface area (Å²) in [5.74, 6) is 0.283. The molecule has 23 heavy (non-hydrogen) atoms. The van der Waals surface area contributed by atoms with Gasteiger partial charge in [-0.2, -0.15) is 0 Å². The van der Waals surface area contributed by atoms with Gasteiger partial charge in [0, 0.05) is 4.90 Å². The van der Waals surface area contributed by atoms with Crippen LogP contribution in [0.15, 0.2) is 47.4 Å². The van der Waals surface area contributed by atoms with Crippen LogP contribution < -0.4 is 10.9 Å². The Balaban J connectivity index is 1.58. The fourth-order valence-corrected chi connectivity index (χ4v) is 3.70. The number of hydrogen-bond donors (Lipinski definition) is 2. The summed E-state index contributed by atoms with van der Waals surface area (Å²) in [6.45, 7) is 4.14. The van der Waals surface area contributed by atoms with Crippen LogP contribution in [0.5, 0.6) is 0 Å². The minimum atomic E-state index is -0.0778. The number of aryl methyl sites for hydroxylation is 2. The number of thiazole rings is 1. The van der Waals surface area contributed by atoms with Crippen molar-refractivity contribution in [3.63, 3.8) is 0 Å². The van der Waals surface area contributed by atoms with Gasteiger partial charge in [0.1, 0.15) is 0 Å². The molecule has 0 aliphatic rings. The Kier molecular flexibility index (Phi) is 4.83. The minimum Gasteiger partial charge on any atom is -0.273 e. The van der Waals surface area contributed by atoms with Gasteiger partial charge in [-0.3, -0.25) is 15.6 Å². The molecule has 3 aromatic rings. The molecule has 0 atom stereocenters. The van der Waals surface area contributed by atoms with Crippen LogP contribution in [0.25, 0.3) is 10.2 Å². The maximum atomic E-state index is 11.9. The molecule has 2 aromatic carbocycles. The Labute approximate surface area is 143 Å². The molecule has 3 rings (SSSR count). The summed E-state index contributed by atoms with van der Waals surface area (Å²) in [4.78, 5) is 17.5. The number of amides is 1. The minimum absolute atomic E-state index is 0.0778. The molecule has 118 valence electrons. The lowest BCUT2D eigenvalue weighted by Crippen LogP contribution is -2.30. The van der Waals surface area contributed by atoms with Gasteiger partial charge in [-0.15, -0.1) is 11.8 Å². The number of nitrogens with zero attached hydrogens (tertiary/aromatic N) is 1. The molecule has 2 N–H and O–H groups in total. The van der Waals surface area contributed by atoms with Crippen molar-refractivity contribution >= 4 is 44.4 Å². The van der Waals surface area contributed by atoms with E-state index in [0.717, 1.165) is 15.1 Å². The third kappa shape index (κ3) is 3.83. The third-order valence-corrected chi connectivity index (χ3v) is 5.45. The summed E-state index contributed by atoms with van der Waals surface area (Å²) in [5.41, 5.74) is 9.00. The molecule has 0 bridgehead atoms. The highest BCUT2D eigenvalue weighted by molar-refractivity contribution is 8.00. The standard InChI is InChI=1S/C17H17N3OS2/c1-11-8-9-14-16(12(11)2)18-17(23-14)20-19-15(21)10-22-13-6-4-3-5-7-13/h3-9H,10H2,1-2H3,(H,18,20)(H,19,21). The van der Waals surface area contributed by atoms with Gasteiger partial charge in [-0.25, -0.2) is 4.98 Å². The van der Waals surface area contributed by atoms with Crippen molar-refractivity contribution < 1.29 is 4.79 Å². The molecule has 4 nitrogen and oxygen atoms in total. The van der Waals surface area contributed by atoms with Crippen LogP contribution in [-0.2, 0) is 4.79 Å². The second-order valence-corrected chi connectivity index (χ2v) is 7.23. The average molecular weight is 343 g/mol. The molecule has 6 heteroatoms. The lowest BCUT2D eigenvalue weighted by molar-refractivity contribution is -0.118. The highest BCUT2D eigenvalue weighted by atomic mass is 32.2. The van der Waals surface area contributed by atoms with Crippen LogP contribution in [-0.4, -0.2) is 16.6 Å². The molecule has 0 saturated heterocycles. The van der Waals surface area contributed by atoms with Gasteiger partial charge < -0.3 is 0 Å². The number of rotatable bonds is 5. The highest BCUT2D eigenvalue weighted by Crippen LogP contribution is 2.29. The molecular weight excluding hydrogens is 326 g/mol.